The molecule has 19 heavy (non-hydrogen) atoms. The first-order valence-corrected chi connectivity index (χ1v) is 7.36. The second-order valence-electron chi connectivity index (χ2n) is 5.84. The lowest BCUT2D eigenvalue weighted by Crippen LogP contribution is -2.61. The van der Waals surface area contributed by atoms with Gasteiger partial charge in [0.2, 0.25) is 5.91 Å². The Labute approximate surface area is 114 Å². The summed E-state index contributed by atoms with van der Waals surface area (Å²) < 4.78 is 0. The van der Waals surface area contributed by atoms with Crippen LogP contribution in [0.2, 0.25) is 0 Å². The number of nitrogens with zero attached hydrogens (tertiary/aromatic N) is 1. The van der Waals surface area contributed by atoms with Crippen molar-refractivity contribution in [1.29, 1.82) is 0 Å². The molecule has 1 amide bonds. The summed E-state index contributed by atoms with van der Waals surface area (Å²) in [6, 6.07) is 0.304. The molecule has 2 rings (SSSR count). The molecule has 5 heteroatoms. The van der Waals surface area contributed by atoms with Crippen molar-refractivity contribution in [2.45, 2.75) is 70.0 Å². The average Bonchev–Trinajstić information content (AvgIpc) is 2.40. The molecule has 1 heterocycles. The number of carbonyl (C=O) groups excluding carboxylic acids is 1. The summed E-state index contributed by atoms with van der Waals surface area (Å²) in [5.74, 6) is -0.733. The highest BCUT2D eigenvalue weighted by molar-refractivity contribution is 5.83. The molecule has 0 radical (unpaired) electrons. The van der Waals surface area contributed by atoms with Gasteiger partial charge >= 0.3 is 5.97 Å². The summed E-state index contributed by atoms with van der Waals surface area (Å²) in [5, 5.41) is 12.0. The Kier molecular flexibility index (Phi) is 4.80. The van der Waals surface area contributed by atoms with Crippen molar-refractivity contribution in [3.05, 3.63) is 0 Å². The van der Waals surface area contributed by atoms with E-state index in [0.717, 1.165) is 19.4 Å². The number of aliphatic carboxylic acids is 1. The maximum absolute atomic E-state index is 12.5. The summed E-state index contributed by atoms with van der Waals surface area (Å²) >= 11 is 0. The van der Waals surface area contributed by atoms with Gasteiger partial charge in [0.05, 0.1) is 6.04 Å². The third-order valence-electron chi connectivity index (χ3n) is 4.20. The first-order chi connectivity index (χ1) is 9.08. The first kappa shape index (κ1) is 14.3. The fraction of sp³-hybridized carbons (Fsp3) is 0.857. The van der Waals surface area contributed by atoms with E-state index in [1.807, 2.05) is 4.90 Å². The van der Waals surface area contributed by atoms with Crippen LogP contribution in [0, 0.1) is 0 Å². The zero-order valence-electron chi connectivity index (χ0n) is 11.6. The standard InChI is InChI=1S/C14H24N2O3/c1-10-9-16(11-5-3-2-4-6-11)14(19)12(15-10)7-8-13(17)18/h10-12,15H,2-9H2,1H3,(H,17,18). The largest absolute Gasteiger partial charge is 0.481 e. The number of hydrogen-bond donors (Lipinski definition) is 2. The Morgan fingerprint density at radius 3 is 2.68 bits per heavy atom. The van der Waals surface area contributed by atoms with Gasteiger partial charge in [-0.15, -0.1) is 0 Å². The molecule has 2 atom stereocenters. The Hall–Kier alpha value is -1.10. The number of rotatable bonds is 4. The molecule has 0 spiro atoms. The van der Waals surface area contributed by atoms with Gasteiger partial charge in [0.15, 0.2) is 0 Å². The molecular formula is C14H24N2O3. The maximum atomic E-state index is 12.5. The van der Waals surface area contributed by atoms with Crippen LogP contribution in [0.25, 0.3) is 0 Å². The van der Waals surface area contributed by atoms with Gasteiger partial charge in [-0.05, 0) is 26.2 Å². The van der Waals surface area contributed by atoms with Crippen LogP contribution in [-0.2, 0) is 9.59 Å². The van der Waals surface area contributed by atoms with E-state index in [-0.39, 0.29) is 24.4 Å². The minimum atomic E-state index is -0.836. The summed E-state index contributed by atoms with van der Waals surface area (Å²) in [5.41, 5.74) is 0. The van der Waals surface area contributed by atoms with Crippen molar-refractivity contribution in [3.8, 4) is 0 Å². The highest BCUT2D eigenvalue weighted by Crippen LogP contribution is 2.25. The molecule has 1 saturated carbocycles. The number of carbonyl (C=O) groups is 2. The normalized spacial score (nSPS) is 29.5. The summed E-state index contributed by atoms with van der Waals surface area (Å²) in [6.45, 7) is 2.82. The summed E-state index contributed by atoms with van der Waals surface area (Å²) in [4.78, 5) is 25.1. The minimum absolute atomic E-state index is 0.0502. The molecule has 1 saturated heterocycles. The second kappa shape index (κ2) is 6.37. The molecule has 108 valence electrons. The minimum Gasteiger partial charge on any atom is -0.481 e. The smallest absolute Gasteiger partial charge is 0.303 e. The Morgan fingerprint density at radius 1 is 1.37 bits per heavy atom. The van der Waals surface area contributed by atoms with Crippen molar-refractivity contribution in [2.75, 3.05) is 6.54 Å². The molecule has 5 nitrogen and oxygen atoms in total. The predicted octanol–water partition coefficient (Wildman–Crippen LogP) is 1.37. The zero-order chi connectivity index (χ0) is 13.8. The molecule has 2 aliphatic rings. The van der Waals surface area contributed by atoms with Crippen molar-refractivity contribution < 1.29 is 14.7 Å². The monoisotopic (exact) mass is 268 g/mol. The highest BCUT2D eigenvalue weighted by atomic mass is 16.4. The fourth-order valence-electron chi connectivity index (χ4n) is 3.25. The fourth-order valence-corrected chi connectivity index (χ4v) is 3.25. The molecular weight excluding hydrogens is 244 g/mol. The van der Waals surface area contributed by atoms with Gasteiger partial charge in [0, 0.05) is 25.0 Å². The van der Waals surface area contributed by atoms with Crippen LogP contribution in [0.5, 0.6) is 0 Å². The van der Waals surface area contributed by atoms with E-state index < -0.39 is 5.97 Å². The molecule has 1 aliphatic heterocycles. The molecule has 0 aromatic carbocycles. The molecule has 1 aliphatic carbocycles. The van der Waals surface area contributed by atoms with Crippen LogP contribution in [0.1, 0.15) is 51.9 Å². The van der Waals surface area contributed by atoms with Gasteiger partial charge < -0.3 is 15.3 Å². The van der Waals surface area contributed by atoms with Crippen molar-refractivity contribution in [3.63, 3.8) is 0 Å². The topological polar surface area (TPSA) is 69.6 Å². The van der Waals surface area contributed by atoms with Gasteiger partial charge in [-0.25, -0.2) is 0 Å². The van der Waals surface area contributed by atoms with E-state index in [9.17, 15) is 9.59 Å². The van der Waals surface area contributed by atoms with Crippen molar-refractivity contribution in [1.82, 2.24) is 10.2 Å². The molecule has 0 aromatic heterocycles. The van der Waals surface area contributed by atoms with E-state index in [1.165, 1.54) is 19.3 Å². The third-order valence-corrected chi connectivity index (χ3v) is 4.20. The molecule has 0 bridgehead atoms. The third kappa shape index (κ3) is 3.69. The highest BCUT2D eigenvalue weighted by Gasteiger charge is 2.36. The van der Waals surface area contributed by atoms with E-state index in [0.29, 0.717) is 12.5 Å². The van der Waals surface area contributed by atoms with Crippen LogP contribution in [0.3, 0.4) is 0 Å². The van der Waals surface area contributed by atoms with Gasteiger partial charge in [-0.2, -0.15) is 0 Å². The van der Waals surface area contributed by atoms with Crippen LogP contribution in [-0.4, -0.2) is 46.6 Å². The van der Waals surface area contributed by atoms with Crippen LogP contribution >= 0.6 is 0 Å². The Morgan fingerprint density at radius 2 is 2.05 bits per heavy atom. The van der Waals surface area contributed by atoms with Gasteiger partial charge in [-0.1, -0.05) is 19.3 Å². The number of amides is 1. The average molecular weight is 268 g/mol. The van der Waals surface area contributed by atoms with Crippen LogP contribution < -0.4 is 5.32 Å². The summed E-state index contributed by atoms with van der Waals surface area (Å²) in [7, 11) is 0. The number of hydrogen-bond acceptors (Lipinski definition) is 3. The molecule has 2 unspecified atom stereocenters. The van der Waals surface area contributed by atoms with Gasteiger partial charge in [0.25, 0.3) is 0 Å². The molecule has 0 aromatic rings. The molecule has 2 fully saturated rings. The van der Waals surface area contributed by atoms with Gasteiger partial charge in [0.1, 0.15) is 0 Å². The second-order valence-corrected chi connectivity index (χ2v) is 5.84. The SMILES string of the molecule is CC1CN(C2CCCCC2)C(=O)C(CCC(=O)O)N1. The summed E-state index contributed by atoms with van der Waals surface area (Å²) in [6.07, 6.45) is 6.32. The lowest BCUT2D eigenvalue weighted by Gasteiger charge is -2.42. The Balaban J connectivity index is 1.98. The molecule has 2 N–H and O–H groups in total. The van der Waals surface area contributed by atoms with E-state index in [2.05, 4.69) is 12.2 Å². The zero-order valence-corrected chi connectivity index (χ0v) is 11.6. The first-order valence-electron chi connectivity index (χ1n) is 7.36. The number of piperazine rings is 1. The number of nitrogens with one attached hydrogen (secondary N) is 1. The van der Waals surface area contributed by atoms with E-state index in [4.69, 9.17) is 5.11 Å². The van der Waals surface area contributed by atoms with Crippen molar-refractivity contribution >= 4 is 11.9 Å². The quantitative estimate of drug-likeness (QED) is 0.808. The van der Waals surface area contributed by atoms with Crippen LogP contribution in [0.4, 0.5) is 0 Å². The van der Waals surface area contributed by atoms with E-state index in [1.54, 1.807) is 0 Å². The lowest BCUT2D eigenvalue weighted by molar-refractivity contribution is -0.141. The Bertz CT molecular complexity index is 340. The van der Waals surface area contributed by atoms with E-state index >= 15 is 0 Å². The van der Waals surface area contributed by atoms with Crippen molar-refractivity contribution in [2.24, 2.45) is 0 Å². The lowest BCUT2D eigenvalue weighted by atomic mass is 9.92. The van der Waals surface area contributed by atoms with Crippen LogP contribution in [0.15, 0.2) is 0 Å². The predicted molar refractivity (Wildman–Crippen MR) is 71.8 cm³/mol. The number of carboxylic acid groups (broad SMARTS) is 1. The number of carboxylic acids is 1. The van der Waals surface area contributed by atoms with Gasteiger partial charge in [-0.3, -0.25) is 9.59 Å². The maximum Gasteiger partial charge on any atom is 0.303 e.